The summed E-state index contributed by atoms with van der Waals surface area (Å²) in [4.78, 5) is 25.0. The maximum atomic E-state index is 12.4. The molecule has 104 valence electrons. The van der Waals surface area contributed by atoms with Gasteiger partial charge in [-0.25, -0.2) is 0 Å². The van der Waals surface area contributed by atoms with Crippen LogP contribution in [0.25, 0.3) is 0 Å². The van der Waals surface area contributed by atoms with Crippen LogP contribution in [-0.4, -0.2) is 34.5 Å². The molecular weight excluding hydrogens is 242 g/mol. The molecule has 19 heavy (non-hydrogen) atoms. The molecule has 1 aromatic rings. The molecule has 0 saturated heterocycles. The van der Waals surface area contributed by atoms with Crippen molar-refractivity contribution in [3.8, 4) is 0 Å². The zero-order valence-electron chi connectivity index (χ0n) is 11.9. The Labute approximate surface area is 114 Å². The first kappa shape index (κ1) is 15.2. The standard InChI is InChI=1S/C15H21NO3/c1-10(2)16(9-12(4)15(18)19)14(17)13-7-5-6-11(3)8-13/h5-8,10,12H,9H2,1-4H3,(H,18,19). The fraction of sp³-hybridized carbons (Fsp3) is 0.467. The molecule has 0 spiro atoms. The van der Waals surface area contributed by atoms with E-state index >= 15 is 0 Å². The Bertz CT molecular complexity index is 468. The molecule has 0 fully saturated rings. The molecule has 1 N–H and O–H groups in total. The summed E-state index contributed by atoms with van der Waals surface area (Å²) < 4.78 is 0. The summed E-state index contributed by atoms with van der Waals surface area (Å²) in [6.07, 6.45) is 0. The zero-order valence-corrected chi connectivity index (χ0v) is 11.9. The second-order valence-corrected chi connectivity index (χ2v) is 5.16. The first-order valence-electron chi connectivity index (χ1n) is 6.43. The Morgan fingerprint density at radius 1 is 1.26 bits per heavy atom. The molecule has 0 radical (unpaired) electrons. The molecular formula is C15H21NO3. The van der Waals surface area contributed by atoms with Crippen LogP contribution < -0.4 is 0 Å². The van der Waals surface area contributed by atoms with Crippen molar-refractivity contribution in [3.05, 3.63) is 35.4 Å². The second-order valence-electron chi connectivity index (χ2n) is 5.16. The first-order valence-corrected chi connectivity index (χ1v) is 6.43. The molecule has 0 aliphatic heterocycles. The smallest absolute Gasteiger partial charge is 0.308 e. The van der Waals surface area contributed by atoms with Gasteiger partial charge in [0.1, 0.15) is 0 Å². The van der Waals surface area contributed by atoms with Gasteiger partial charge in [-0.3, -0.25) is 9.59 Å². The summed E-state index contributed by atoms with van der Waals surface area (Å²) in [5.41, 5.74) is 1.62. The first-order chi connectivity index (χ1) is 8.82. The minimum Gasteiger partial charge on any atom is -0.481 e. The third kappa shape index (κ3) is 4.09. The Balaban J connectivity index is 2.93. The highest BCUT2D eigenvalue weighted by Crippen LogP contribution is 2.13. The van der Waals surface area contributed by atoms with Gasteiger partial charge in [0.25, 0.3) is 5.91 Å². The van der Waals surface area contributed by atoms with E-state index in [4.69, 9.17) is 5.11 Å². The lowest BCUT2D eigenvalue weighted by Gasteiger charge is -2.28. The Morgan fingerprint density at radius 3 is 2.37 bits per heavy atom. The average Bonchev–Trinajstić information content (AvgIpc) is 2.34. The molecule has 1 unspecified atom stereocenters. The van der Waals surface area contributed by atoms with Gasteiger partial charge >= 0.3 is 5.97 Å². The second kappa shape index (κ2) is 6.36. The van der Waals surface area contributed by atoms with Crippen molar-refractivity contribution in [2.45, 2.75) is 33.7 Å². The third-order valence-corrected chi connectivity index (χ3v) is 3.04. The van der Waals surface area contributed by atoms with Crippen LogP contribution in [0.15, 0.2) is 24.3 Å². The molecule has 1 amide bonds. The van der Waals surface area contributed by atoms with Crippen LogP contribution in [-0.2, 0) is 4.79 Å². The Hall–Kier alpha value is -1.84. The normalized spacial score (nSPS) is 12.3. The fourth-order valence-electron chi connectivity index (χ4n) is 1.85. The van der Waals surface area contributed by atoms with Crippen molar-refractivity contribution in [1.82, 2.24) is 4.90 Å². The lowest BCUT2D eigenvalue weighted by molar-refractivity contribution is -0.141. The predicted molar refractivity (Wildman–Crippen MR) is 74.2 cm³/mol. The summed E-state index contributed by atoms with van der Waals surface area (Å²) in [6, 6.07) is 7.31. The third-order valence-electron chi connectivity index (χ3n) is 3.04. The fourth-order valence-corrected chi connectivity index (χ4v) is 1.85. The molecule has 4 nitrogen and oxygen atoms in total. The molecule has 1 atom stereocenters. The number of hydrogen-bond acceptors (Lipinski definition) is 2. The number of rotatable bonds is 5. The summed E-state index contributed by atoms with van der Waals surface area (Å²) in [5, 5.41) is 8.97. The summed E-state index contributed by atoms with van der Waals surface area (Å²) in [6.45, 7) is 7.54. The van der Waals surface area contributed by atoms with E-state index in [1.54, 1.807) is 17.9 Å². The number of aliphatic carboxylic acids is 1. The highest BCUT2D eigenvalue weighted by Gasteiger charge is 2.23. The maximum Gasteiger partial charge on any atom is 0.308 e. The van der Waals surface area contributed by atoms with Crippen molar-refractivity contribution in [1.29, 1.82) is 0 Å². The minimum absolute atomic E-state index is 0.0326. The van der Waals surface area contributed by atoms with Crippen LogP contribution >= 0.6 is 0 Å². The number of nitrogens with zero attached hydrogens (tertiary/aromatic N) is 1. The van der Waals surface area contributed by atoms with Crippen LogP contribution in [0.3, 0.4) is 0 Å². The number of aryl methyl sites for hydroxylation is 1. The van der Waals surface area contributed by atoms with Crippen LogP contribution in [0.1, 0.15) is 36.7 Å². The number of carbonyl (C=O) groups is 2. The number of hydrogen-bond donors (Lipinski definition) is 1. The van der Waals surface area contributed by atoms with E-state index in [-0.39, 0.29) is 18.5 Å². The van der Waals surface area contributed by atoms with Crippen LogP contribution in [0, 0.1) is 12.8 Å². The molecule has 0 saturated carbocycles. The van der Waals surface area contributed by atoms with Crippen molar-refractivity contribution < 1.29 is 14.7 Å². The van der Waals surface area contributed by atoms with Crippen molar-refractivity contribution in [2.75, 3.05) is 6.54 Å². The summed E-state index contributed by atoms with van der Waals surface area (Å²) >= 11 is 0. The molecule has 0 bridgehead atoms. The van der Waals surface area contributed by atoms with Gasteiger partial charge in [-0.1, -0.05) is 24.6 Å². The quantitative estimate of drug-likeness (QED) is 0.888. The van der Waals surface area contributed by atoms with Crippen molar-refractivity contribution >= 4 is 11.9 Å². The molecule has 1 aromatic carbocycles. The van der Waals surface area contributed by atoms with Crippen molar-refractivity contribution in [2.24, 2.45) is 5.92 Å². The zero-order chi connectivity index (χ0) is 14.6. The van der Waals surface area contributed by atoms with Gasteiger partial charge in [-0.15, -0.1) is 0 Å². The van der Waals surface area contributed by atoms with Crippen molar-refractivity contribution in [3.63, 3.8) is 0 Å². The molecule has 4 heteroatoms. The van der Waals surface area contributed by atoms with Crippen LogP contribution in [0.4, 0.5) is 0 Å². The molecule has 0 heterocycles. The number of carboxylic acid groups (broad SMARTS) is 1. The van der Waals surface area contributed by atoms with E-state index in [9.17, 15) is 9.59 Å². The van der Waals surface area contributed by atoms with E-state index in [2.05, 4.69) is 0 Å². The van der Waals surface area contributed by atoms with E-state index < -0.39 is 11.9 Å². The number of carbonyl (C=O) groups excluding carboxylic acids is 1. The Morgan fingerprint density at radius 2 is 1.89 bits per heavy atom. The van der Waals surface area contributed by atoms with Gasteiger partial charge in [0.2, 0.25) is 0 Å². The van der Waals surface area contributed by atoms with E-state index in [0.717, 1.165) is 5.56 Å². The van der Waals surface area contributed by atoms with Gasteiger partial charge in [-0.05, 0) is 32.9 Å². The molecule has 1 rings (SSSR count). The maximum absolute atomic E-state index is 12.4. The topological polar surface area (TPSA) is 57.6 Å². The van der Waals surface area contributed by atoms with E-state index in [0.29, 0.717) is 5.56 Å². The van der Waals surface area contributed by atoms with Gasteiger partial charge in [-0.2, -0.15) is 0 Å². The average molecular weight is 263 g/mol. The minimum atomic E-state index is -0.886. The van der Waals surface area contributed by atoms with E-state index in [1.807, 2.05) is 39.0 Å². The van der Waals surface area contributed by atoms with Crippen LogP contribution in [0.2, 0.25) is 0 Å². The van der Waals surface area contributed by atoms with Gasteiger partial charge in [0.15, 0.2) is 0 Å². The van der Waals surface area contributed by atoms with Gasteiger partial charge < -0.3 is 10.0 Å². The lowest BCUT2D eigenvalue weighted by atomic mass is 10.1. The summed E-state index contributed by atoms with van der Waals surface area (Å²) in [7, 11) is 0. The highest BCUT2D eigenvalue weighted by molar-refractivity contribution is 5.94. The summed E-state index contributed by atoms with van der Waals surface area (Å²) in [5.74, 6) is -1.58. The highest BCUT2D eigenvalue weighted by atomic mass is 16.4. The van der Waals surface area contributed by atoms with Gasteiger partial charge in [0.05, 0.1) is 5.92 Å². The SMILES string of the molecule is Cc1cccc(C(=O)N(CC(C)C(=O)O)C(C)C)c1. The Kier molecular flexibility index (Phi) is 5.10. The number of amides is 1. The largest absolute Gasteiger partial charge is 0.481 e. The molecule has 0 aromatic heterocycles. The predicted octanol–water partition coefficient (Wildman–Crippen LogP) is 2.57. The number of benzene rings is 1. The van der Waals surface area contributed by atoms with Gasteiger partial charge in [0, 0.05) is 18.2 Å². The molecule has 0 aliphatic carbocycles. The monoisotopic (exact) mass is 263 g/mol. The van der Waals surface area contributed by atoms with E-state index in [1.165, 1.54) is 0 Å². The molecule has 0 aliphatic rings. The number of carboxylic acids is 1. The lowest BCUT2D eigenvalue weighted by Crippen LogP contribution is -2.41. The van der Waals surface area contributed by atoms with Crippen LogP contribution in [0.5, 0.6) is 0 Å².